The van der Waals surface area contributed by atoms with Gasteiger partial charge in [0.1, 0.15) is 18.3 Å². The average Bonchev–Trinajstić information content (AvgIpc) is 3.04. The molecule has 5 nitrogen and oxygen atoms in total. The van der Waals surface area contributed by atoms with E-state index < -0.39 is 36.3 Å². The van der Waals surface area contributed by atoms with Crippen LogP contribution in [0.2, 0.25) is 0 Å². The summed E-state index contributed by atoms with van der Waals surface area (Å²) >= 11 is 0. The fourth-order valence-electron chi connectivity index (χ4n) is 5.97. The molecule has 1 fully saturated rings. The zero-order valence-electron chi connectivity index (χ0n) is 33.2. The maximum atomic E-state index is 10.3. The minimum atomic E-state index is -1.31. The van der Waals surface area contributed by atoms with E-state index in [2.05, 4.69) is 127 Å². The first-order valence-corrected chi connectivity index (χ1v) is 18.4. The van der Waals surface area contributed by atoms with Gasteiger partial charge in [-0.15, -0.1) is 0 Å². The maximum absolute atomic E-state index is 10.3. The Morgan fingerprint density at radius 3 is 1.71 bits per heavy atom. The molecule has 0 radical (unpaired) electrons. The van der Waals surface area contributed by atoms with Crippen molar-refractivity contribution >= 4 is 0 Å². The van der Waals surface area contributed by atoms with E-state index in [0.29, 0.717) is 6.42 Å². The Kier molecular flexibility index (Phi) is 18.3. The molecule has 5 atom stereocenters. The van der Waals surface area contributed by atoms with Crippen LogP contribution in [0, 0.1) is 5.41 Å². The van der Waals surface area contributed by atoms with Crippen molar-refractivity contribution in [3.8, 4) is 0 Å². The van der Waals surface area contributed by atoms with E-state index in [1.165, 1.54) is 47.1 Å². The highest BCUT2D eigenvalue weighted by molar-refractivity contribution is 5.37. The first-order chi connectivity index (χ1) is 23.9. The SMILES string of the molecule is CC(C=CC=C(C)C=CC=C(C)C=CCC(C)(C)OC1OC(C)C(O)C(O)C1O)=CC=CC=C(C)C=CC=C(C)C=CC1=C(C)CCCC1(C)C. The summed E-state index contributed by atoms with van der Waals surface area (Å²) in [6.45, 7) is 22.9. The highest BCUT2D eigenvalue weighted by atomic mass is 16.7. The maximum Gasteiger partial charge on any atom is 0.187 e. The molecule has 0 aromatic rings. The Labute approximate surface area is 309 Å². The van der Waals surface area contributed by atoms with Crippen molar-refractivity contribution in [2.45, 2.75) is 138 Å². The molecule has 0 bridgehead atoms. The number of rotatable bonds is 15. The highest BCUT2D eigenvalue weighted by Crippen LogP contribution is 2.40. The third kappa shape index (κ3) is 16.3. The van der Waals surface area contributed by atoms with Gasteiger partial charge >= 0.3 is 0 Å². The van der Waals surface area contributed by atoms with E-state index in [9.17, 15) is 15.3 Å². The summed E-state index contributed by atoms with van der Waals surface area (Å²) in [4.78, 5) is 0. The summed E-state index contributed by atoms with van der Waals surface area (Å²) in [7, 11) is 0. The summed E-state index contributed by atoms with van der Waals surface area (Å²) in [5.74, 6) is 0. The molecule has 2 aliphatic rings. The Balaban J connectivity index is 1.81. The number of hydrogen-bond acceptors (Lipinski definition) is 5. The average molecular weight is 699 g/mol. The molecule has 5 unspecified atom stereocenters. The van der Waals surface area contributed by atoms with Crippen molar-refractivity contribution < 1.29 is 24.8 Å². The van der Waals surface area contributed by atoms with Gasteiger partial charge in [0.2, 0.25) is 0 Å². The molecule has 0 amide bonds. The Morgan fingerprint density at radius 2 is 1.20 bits per heavy atom. The highest BCUT2D eigenvalue weighted by Gasteiger charge is 2.44. The van der Waals surface area contributed by atoms with Crippen molar-refractivity contribution in [3.05, 3.63) is 142 Å². The van der Waals surface area contributed by atoms with Gasteiger partial charge in [-0.25, -0.2) is 0 Å². The van der Waals surface area contributed by atoms with Crippen LogP contribution in [-0.4, -0.2) is 51.6 Å². The van der Waals surface area contributed by atoms with E-state index in [1.54, 1.807) is 6.92 Å². The van der Waals surface area contributed by atoms with Crippen molar-refractivity contribution in [1.82, 2.24) is 0 Å². The number of aliphatic hydroxyl groups excluding tert-OH is 3. The third-order valence-corrected chi connectivity index (χ3v) is 9.27. The molecular weight excluding hydrogens is 633 g/mol. The minimum absolute atomic E-state index is 0.268. The van der Waals surface area contributed by atoms with Gasteiger partial charge in [0.25, 0.3) is 0 Å². The van der Waals surface area contributed by atoms with Crippen molar-refractivity contribution in [1.29, 1.82) is 0 Å². The molecule has 1 aliphatic carbocycles. The largest absolute Gasteiger partial charge is 0.388 e. The lowest BCUT2D eigenvalue weighted by Crippen LogP contribution is -2.58. The minimum Gasteiger partial charge on any atom is -0.388 e. The quantitative estimate of drug-likeness (QED) is 0.148. The molecule has 1 aliphatic heterocycles. The van der Waals surface area contributed by atoms with Gasteiger partial charge in [0.15, 0.2) is 6.29 Å². The Hall–Kier alpha value is -3.32. The van der Waals surface area contributed by atoms with Crippen LogP contribution in [0.4, 0.5) is 0 Å². The summed E-state index contributed by atoms with van der Waals surface area (Å²) in [5, 5.41) is 30.2. The van der Waals surface area contributed by atoms with Crippen molar-refractivity contribution in [3.63, 3.8) is 0 Å². The van der Waals surface area contributed by atoms with Crippen LogP contribution in [0.5, 0.6) is 0 Å². The molecule has 280 valence electrons. The van der Waals surface area contributed by atoms with Gasteiger partial charge in [0, 0.05) is 0 Å². The lowest BCUT2D eigenvalue weighted by Gasteiger charge is -2.42. The summed E-state index contributed by atoms with van der Waals surface area (Å²) in [5.41, 5.74) is 8.49. The molecule has 5 heteroatoms. The third-order valence-electron chi connectivity index (χ3n) is 9.27. The van der Waals surface area contributed by atoms with E-state index in [4.69, 9.17) is 9.47 Å². The summed E-state index contributed by atoms with van der Waals surface area (Å²) < 4.78 is 11.5. The van der Waals surface area contributed by atoms with E-state index >= 15 is 0 Å². The number of allylic oxidation sites excluding steroid dienone is 23. The molecule has 1 heterocycles. The second-order valence-electron chi connectivity index (χ2n) is 15.4. The van der Waals surface area contributed by atoms with Gasteiger partial charge in [-0.2, -0.15) is 0 Å². The molecule has 3 N–H and O–H groups in total. The van der Waals surface area contributed by atoms with Crippen LogP contribution in [0.25, 0.3) is 0 Å². The number of aliphatic hydroxyl groups is 3. The van der Waals surface area contributed by atoms with Gasteiger partial charge < -0.3 is 24.8 Å². The second-order valence-corrected chi connectivity index (χ2v) is 15.4. The van der Waals surface area contributed by atoms with Crippen LogP contribution in [0.15, 0.2) is 142 Å². The monoisotopic (exact) mass is 698 g/mol. The van der Waals surface area contributed by atoms with Crippen molar-refractivity contribution in [2.24, 2.45) is 5.41 Å². The van der Waals surface area contributed by atoms with Gasteiger partial charge in [-0.05, 0) is 99.0 Å². The second kappa shape index (κ2) is 21.3. The predicted molar refractivity (Wildman–Crippen MR) is 216 cm³/mol. The lowest BCUT2D eigenvalue weighted by molar-refractivity contribution is -0.316. The van der Waals surface area contributed by atoms with E-state index in [1.807, 2.05) is 45.1 Å². The van der Waals surface area contributed by atoms with E-state index in [-0.39, 0.29) is 5.41 Å². The molecular formula is C46H66O5. The zero-order valence-corrected chi connectivity index (χ0v) is 33.2. The van der Waals surface area contributed by atoms with Crippen LogP contribution in [-0.2, 0) is 9.47 Å². The molecule has 2 rings (SSSR count). The van der Waals surface area contributed by atoms with Gasteiger partial charge in [-0.1, -0.05) is 151 Å². The van der Waals surface area contributed by atoms with Crippen LogP contribution < -0.4 is 0 Å². The first-order valence-electron chi connectivity index (χ1n) is 18.4. The summed E-state index contributed by atoms with van der Waals surface area (Å²) in [6, 6.07) is 0. The van der Waals surface area contributed by atoms with Gasteiger partial charge in [-0.3, -0.25) is 0 Å². The Bertz CT molecular complexity index is 1510. The molecule has 0 saturated carbocycles. The molecule has 0 aromatic heterocycles. The predicted octanol–water partition coefficient (Wildman–Crippen LogP) is 10.6. The molecule has 1 saturated heterocycles. The topological polar surface area (TPSA) is 79.2 Å². The first kappa shape index (κ1) is 43.8. The van der Waals surface area contributed by atoms with Crippen molar-refractivity contribution in [2.75, 3.05) is 0 Å². The van der Waals surface area contributed by atoms with Crippen LogP contribution >= 0.6 is 0 Å². The number of hydrogen-bond donors (Lipinski definition) is 3. The van der Waals surface area contributed by atoms with E-state index in [0.717, 1.165) is 11.1 Å². The van der Waals surface area contributed by atoms with Crippen LogP contribution in [0.1, 0.15) is 102 Å². The standard InChI is InChI=1S/C46H66O5/c1-33(19-12-13-20-34(2)22-16-26-37(5)29-30-40-38(6)28-18-31-45(40,8)9)21-14-23-35(3)24-15-25-36(4)27-17-32-46(10,11)51-44-43(49)42(48)41(47)39(7)50-44/h12-17,19-27,29-30,39,41-44,47-49H,18,28,31-32H2,1-11H3. The van der Waals surface area contributed by atoms with Crippen LogP contribution in [0.3, 0.4) is 0 Å². The normalized spacial score (nSPS) is 26.9. The Morgan fingerprint density at radius 1 is 0.725 bits per heavy atom. The van der Waals surface area contributed by atoms with Gasteiger partial charge in [0.05, 0.1) is 11.7 Å². The fourth-order valence-corrected chi connectivity index (χ4v) is 5.97. The summed E-state index contributed by atoms with van der Waals surface area (Å²) in [6.07, 6.45) is 34.7. The molecule has 51 heavy (non-hydrogen) atoms. The molecule has 0 aromatic carbocycles. The molecule has 0 spiro atoms. The zero-order chi connectivity index (χ0) is 38.2. The fraction of sp³-hybridized carbons (Fsp3) is 0.478. The number of ether oxygens (including phenoxy) is 2. The smallest absolute Gasteiger partial charge is 0.187 e. The lowest BCUT2D eigenvalue weighted by atomic mass is 9.72.